The molecule has 2 aromatic heterocycles. The van der Waals surface area contributed by atoms with Crippen molar-refractivity contribution in [2.75, 3.05) is 10.6 Å². The van der Waals surface area contributed by atoms with Gasteiger partial charge in [-0.1, -0.05) is 22.8 Å². The van der Waals surface area contributed by atoms with Crippen LogP contribution in [0.2, 0.25) is 5.02 Å². The average molecular weight is 330 g/mol. The van der Waals surface area contributed by atoms with Crippen LogP contribution in [0.5, 0.6) is 0 Å². The van der Waals surface area contributed by atoms with Gasteiger partial charge >= 0.3 is 0 Å². The summed E-state index contributed by atoms with van der Waals surface area (Å²) < 4.78 is 4.89. The minimum atomic E-state index is -0.408. The summed E-state index contributed by atoms with van der Waals surface area (Å²) in [6, 6.07) is 10.3. The topological polar surface area (TPSA) is 92.9 Å². The van der Waals surface area contributed by atoms with Crippen molar-refractivity contribution in [1.29, 1.82) is 0 Å². The summed E-state index contributed by atoms with van der Waals surface area (Å²) in [6.07, 6.45) is 1.30. The molecule has 0 spiro atoms. The highest BCUT2D eigenvalue weighted by Crippen LogP contribution is 2.19. The van der Waals surface area contributed by atoms with Crippen LogP contribution >= 0.6 is 11.6 Å². The van der Waals surface area contributed by atoms with Crippen molar-refractivity contribution in [2.45, 2.75) is 6.92 Å². The van der Waals surface area contributed by atoms with E-state index >= 15 is 0 Å². The maximum atomic E-state index is 12.2. The summed E-state index contributed by atoms with van der Waals surface area (Å²) in [5, 5.41) is 9.96. The van der Waals surface area contributed by atoms with Gasteiger partial charge in [-0.3, -0.25) is 4.79 Å². The van der Waals surface area contributed by atoms with Crippen molar-refractivity contribution >= 4 is 34.8 Å². The van der Waals surface area contributed by atoms with Gasteiger partial charge in [-0.15, -0.1) is 0 Å². The van der Waals surface area contributed by atoms with Gasteiger partial charge in [-0.05, 0) is 25.1 Å². The molecule has 0 fully saturated rings. The van der Waals surface area contributed by atoms with Crippen LogP contribution in [-0.4, -0.2) is 21.0 Å². The van der Waals surface area contributed by atoms with Crippen LogP contribution < -0.4 is 10.6 Å². The molecule has 1 amide bonds. The van der Waals surface area contributed by atoms with Crippen LogP contribution in [0.25, 0.3) is 0 Å². The van der Waals surface area contributed by atoms with Crippen molar-refractivity contribution in [2.24, 2.45) is 0 Å². The molecular formula is C15H12ClN5O2. The first-order valence-electron chi connectivity index (χ1n) is 6.69. The number of amides is 1. The maximum Gasteiger partial charge on any atom is 0.275 e. The highest BCUT2D eigenvalue weighted by Gasteiger charge is 2.11. The fourth-order valence-electron chi connectivity index (χ4n) is 1.87. The van der Waals surface area contributed by atoms with E-state index in [1.54, 1.807) is 25.1 Å². The number of carbonyl (C=O) groups is 1. The molecule has 116 valence electrons. The van der Waals surface area contributed by atoms with Crippen molar-refractivity contribution in [3.8, 4) is 0 Å². The van der Waals surface area contributed by atoms with E-state index in [-0.39, 0.29) is 5.69 Å². The Morgan fingerprint density at radius 2 is 2.04 bits per heavy atom. The molecule has 8 heteroatoms. The van der Waals surface area contributed by atoms with Gasteiger partial charge in [0.15, 0.2) is 5.82 Å². The number of benzene rings is 1. The molecule has 0 saturated heterocycles. The first-order chi connectivity index (χ1) is 11.1. The van der Waals surface area contributed by atoms with E-state index < -0.39 is 5.91 Å². The highest BCUT2D eigenvalue weighted by atomic mass is 35.5. The lowest BCUT2D eigenvalue weighted by Crippen LogP contribution is -2.14. The van der Waals surface area contributed by atoms with E-state index in [4.69, 9.17) is 16.1 Å². The maximum absolute atomic E-state index is 12.2. The van der Waals surface area contributed by atoms with Gasteiger partial charge in [-0.25, -0.2) is 9.97 Å². The first kappa shape index (κ1) is 15.0. The molecule has 0 atom stereocenters. The van der Waals surface area contributed by atoms with Crippen LogP contribution in [-0.2, 0) is 0 Å². The Morgan fingerprint density at radius 3 is 2.78 bits per heavy atom. The number of aromatic nitrogens is 3. The number of nitrogens with one attached hydrogen (secondary N) is 2. The van der Waals surface area contributed by atoms with E-state index in [9.17, 15) is 4.79 Å². The highest BCUT2D eigenvalue weighted by molar-refractivity contribution is 6.30. The number of halogens is 1. The fourth-order valence-corrected chi connectivity index (χ4v) is 2.06. The molecule has 0 saturated carbocycles. The average Bonchev–Trinajstić information content (AvgIpc) is 2.92. The standard InChI is InChI=1S/C15H12ClN5O2/c1-9-5-14(21-23-9)20-15(22)12-7-13(18-8-17-12)19-11-4-2-3-10(16)6-11/h2-8H,1H3,(H,17,18,19)(H,20,21,22). The van der Waals surface area contributed by atoms with E-state index in [2.05, 4.69) is 25.8 Å². The predicted octanol–water partition coefficient (Wildman–Crippen LogP) is 3.42. The minimum absolute atomic E-state index is 0.199. The van der Waals surface area contributed by atoms with E-state index in [1.807, 2.05) is 12.1 Å². The van der Waals surface area contributed by atoms with Crippen molar-refractivity contribution in [1.82, 2.24) is 15.1 Å². The summed E-state index contributed by atoms with van der Waals surface area (Å²) in [5.74, 6) is 1.00. The summed E-state index contributed by atoms with van der Waals surface area (Å²) in [4.78, 5) is 20.2. The Bertz CT molecular complexity index is 849. The van der Waals surface area contributed by atoms with Gasteiger partial charge < -0.3 is 15.2 Å². The molecule has 3 aromatic rings. The van der Waals surface area contributed by atoms with Gasteiger partial charge in [0, 0.05) is 22.8 Å². The molecule has 3 rings (SSSR count). The lowest BCUT2D eigenvalue weighted by molar-refractivity contribution is 0.102. The van der Waals surface area contributed by atoms with E-state index in [0.29, 0.717) is 22.4 Å². The fraction of sp³-hybridized carbons (Fsp3) is 0.0667. The molecule has 1 aromatic carbocycles. The predicted molar refractivity (Wildman–Crippen MR) is 86.0 cm³/mol. The third-order valence-electron chi connectivity index (χ3n) is 2.87. The normalized spacial score (nSPS) is 10.3. The Hall–Kier alpha value is -2.93. The zero-order chi connectivity index (χ0) is 16.2. The number of rotatable bonds is 4. The third kappa shape index (κ3) is 3.83. The number of hydrogen-bond donors (Lipinski definition) is 2. The van der Waals surface area contributed by atoms with Crippen LogP contribution in [0, 0.1) is 6.92 Å². The quantitative estimate of drug-likeness (QED) is 0.761. The molecule has 2 heterocycles. The monoisotopic (exact) mass is 329 g/mol. The van der Waals surface area contributed by atoms with Crippen molar-refractivity contribution in [3.05, 3.63) is 59.2 Å². The van der Waals surface area contributed by atoms with E-state index in [1.165, 1.54) is 12.4 Å². The molecule has 0 aliphatic rings. The second-order valence-electron chi connectivity index (χ2n) is 4.70. The molecular weight excluding hydrogens is 318 g/mol. The van der Waals surface area contributed by atoms with Crippen LogP contribution in [0.4, 0.5) is 17.3 Å². The summed E-state index contributed by atoms with van der Waals surface area (Å²) >= 11 is 5.93. The third-order valence-corrected chi connectivity index (χ3v) is 3.10. The number of anilines is 3. The lowest BCUT2D eigenvalue weighted by Gasteiger charge is -2.07. The minimum Gasteiger partial charge on any atom is -0.360 e. The van der Waals surface area contributed by atoms with Gasteiger partial charge in [0.1, 0.15) is 23.6 Å². The Balaban J connectivity index is 1.75. The molecule has 0 unspecified atom stereocenters. The van der Waals surface area contributed by atoms with E-state index in [0.717, 1.165) is 5.69 Å². The molecule has 0 aliphatic carbocycles. The summed E-state index contributed by atoms with van der Waals surface area (Å²) in [7, 11) is 0. The van der Waals surface area contributed by atoms with Crippen LogP contribution in [0.3, 0.4) is 0 Å². The van der Waals surface area contributed by atoms with Gasteiger partial charge in [0.05, 0.1) is 0 Å². The SMILES string of the molecule is Cc1cc(NC(=O)c2cc(Nc3cccc(Cl)c3)ncn2)no1. The second-order valence-corrected chi connectivity index (χ2v) is 5.14. The number of hydrogen-bond acceptors (Lipinski definition) is 6. The smallest absolute Gasteiger partial charge is 0.275 e. The number of carbonyl (C=O) groups excluding carboxylic acids is 1. The number of nitrogens with zero attached hydrogens (tertiary/aromatic N) is 3. The molecule has 7 nitrogen and oxygen atoms in total. The lowest BCUT2D eigenvalue weighted by atomic mass is 10.3. The Labute approximate surface area is 136 Å². The largest absolute Gasteiger partial charge is 0.360 e. The molecule has 2 N–H and O–H groups in total. The molecule has 0 aliphatic heterocycles. The molecule has 23 heavy (non-hydrogen) atoms. The second kappa shape index (κ2) is 6.45. The summed E-state index contributed by atoms with van der Waals surface area (Å²) in [6.45, 7) is 1.74. The molecule has 0 bridgehead atoms. The van der Waals surface area contributed by atoms with Gasteiger partial charge in [0.2, 0.25) is 0 Å². The Kier molecular flexibility index (Phi) is 4.20. The zero-order valence-corrected chi connectivity index (χ0v) is 12.8. The van der Waals surface area contributed by atoms with Crippen molar-refractivity contribution in [3.63, 3.8) is 0 Å². The first-order valence-corrected chi connectivity index (χ1v) is 7.07. The Morgan fingerprint density at radius 1 is 1.17 bits per heavy atom. The zero-order valence-electron chi connectivity index (χ0n) is 12.1. The molecule has 0 radical (unpaired) electrons. The van der Waals surface area contributed by atoms with Gasteiger partial charge in [0.25, 0.3) is 5.91 Å². The number of aryl methyl sites for hydroxylation is 1. The van der Waals surface area contributed by atoms with Crippen LogP contribution in [0.1, 0.15) is 16.2 Å². The van der Waals surface area contributed by atoms with Gasteiger partial charge in [-0.2, -0.15) is 0 Å². The van der Waals surface area contributed by atoms with Crippen LogP contribution in [0.15, 0.2) is 47.2 Å². The summed E-state index contributed by atoms with van der Waals surface area (Å²) in [5.41, 5.74) is 0.958. The van der Waals surface area contributed by atoms with Crippen molar-refractivity contribution < 1.29 is 9.32 Å².